The van der Waals surface area contributed by atoms with Gasteiger partial charge in [-0.05, 0) is 18.9 Å². The average molecular weight is 126 g/mol. The predicted molar refractivity (Wildman–Crippen MR) is 38.0 cm³/mol. The van der Waals surface area contributed by atoms with Gasteiger partial charge in [0.05, 0.1) is 12.4 Å². The van der Waals surface area contributed by atoms with Crippen LogP contribution in [0.15, 0.2) is 11.8 Å². The summed E-state index contributed by atoms with van der Waals surface area (Å²) in [6, 6.07) is 0. The van der Waals surface area contributed by atoms with Crippen molar-refractivity contribution in [3.05, 3.63) is 11.8 Å². The summed E-state index contributed by atoms with van der Waals surface area (Å²) < 4.78 is 5.29. The van der Waals surface area contributed by atoms with Crippen LogP contribution in [-0.4, -0.2) is 6.61 Å². The average Bonchev–Trinajstić information content (AvgIpc) is 2.14. The molecule has 1 rings (SSSR count). The largest absolute Gasteiger partial charge is 0.498 e. The topological polar surface area (TPSA) is 9.23 Å². The summed E-state index contributed by atoms with van der Waals surface area (Å²) in [4.78, 5) is 0. The summed E-state index contributed by atoms with van der Waals surface area (Å²) in [5, 5.41) is 0. The third-order valence-electron chi connectivity index (χ3n) is 1.81. The molecule has 0 saturated heterocycles. The van der Waals surface area contributed by atoms with Gasteiger partial charge < -0.3 is 4.74 Å². The molecule has 1 aliphatic rings. The zero-order chi connectivity index (χ0) is 6.85. The van der Waals surface area contributed by atoms with Gasteiger partial charge in [0.15, 0.2) is 0 Å². The quantitative estimate of drug-likeness (QED) is 0.523. The number of rotatable bonds is 1. The Morgan fingerprint density at radius 3 is 2.56 bits per heavy atom. The van der Waals surface area contributed by atoms with E-state index in [1.165, 1.54) is 0 Å². The Morgan fingerprint density at radius 1 is 1.67 bits per heavy atom. The highest BCUT2D eigenvalue weighted by Gasteiger charge is 2.16. The normalized spacial score (nSPS) is 26.2. The molecule has 0 aromatic heterocycles. The molecule has 52 valence electrons. The van der Waals surface area contributed by atoms with Gasteiger partial charge in [0, 0.05) is 5.92 Å². The van der Waals surface area contributed by atoms with E-state index < -0.39 is 0 Å². The van der Waals surface area contributed by atoms with Crippen LogP contribution in [0.25, 0.3) is 0 Å². The lowest BCUT2D eigenvalue weighted by Gasteiger charge is -2.08. The van der Waals surface area contributed by atoms with Crippen LogP contribution < -0.4 is 0 Å². The van der Waals surface area contributed by atoms with Gasteiger partial charge in [0.2, 0.25) is 0 Å². The summed E-state index contributed by atoms with van der Waals surface area (Å²) in [7, 11) is 0. The molecule has 1 heteroatoms. The van der Waals surface area contributed by atoms with E-state index in [0.29, 0.717) is 5.92 Å². The monoisotopic (exact) mass is 126 g/mol. The molecular formula is C8H14O. The number of hydrogen-bond donors (Lipinski definition) is 0. The van der Waals surface area contributed by atoms with Gasteiger partial charge in [0.1, 0.15) is 0 Å². The van der Waals surface area contributed by atoms with Gasteiger partial charge in [-0.1, -0.05) is 13.8 Å². The van der Waals surface area contributed by atoms with Gasteiger partial charge in [-0.2, -0.15) is 0 Å². The second kappa shape index (κ2) is 2.42. The van der Waals surface area contributed by atoms with E-state index in [4.69, 9.17) is 4.74 Å². The van der Waals surface area contributed by atoms with Crippen molar-refractivity contribution in [2.75, 3.05) is 6.61 Å². The molecule has 1 unspecified atom stereocenters. The smallest absolute Gasteiger partial charge is 0.0943 e. The maximum Gasteiger partial charge on any atom is 0.0943 e. The molecule has 1 nitrogen and oxygen atoms in total. The molecule has 0 aromatic rings. The van der Waals surface area contributed by atoms with Crippen LogP contribution in [-0.2, 0) is 4.74 Å². The molecule has 1 heterocycles. The fourth-order valence-corrected chi connectivity index (χ4v) is 1.01. The third-order valence-corrected chi connectivity index (χ3v) is 1.81. The minimum atomic E-state index is 0.657. The van der Waals surface area contributed by atoms with Crippen molar-refractivity contribution in [2.24, 2.45) is 11.8 Å². The molecule has 0 saturated carbocycles. The summed E-state index contributed by atoms with van der Waals surface area (Å²) in [5.41, 5.74) is 0. The summed E-state index contributed by atoms with van der Waals surface area (Å²) >= 11 is 0. The molecule has 0 radical (unpaired) electrons. The minimum Gasteiger partial charge on any atom is -0.498 e. The Balaban J connectivity index is 2.47. The predicted octanol–water partition coefficient (Wildman–Crippen LogP) is 2.19. The summed E-state index contributed by atoms with van der Waals surface area (Å²) in [5.74, 6) is 2.47. The zero-order valence-corrected chi connectivity index (χ0v) is 6.35. The summed E-state index contributed by atoms with van der Waals surface area (Å²) in [6.45, 7) is 7.36. The molecule has 0 N–H and O–H groups in total. The Morgan fingerprint density at radius 2 is 2.33 bits per heavy atom. The number of hydrogen-bond acceptors (Lipinski definition) is 1. The highest BCUT2D eigenvalue weighted by Crippen LogP contribution is 2.21. The SMILES string of the molecule is CC1=CC(C(C)C)CO1. The van der Waals surface area contributed by atoms with Gasteiger partial charge in [-0.15, -0.1) is 0 Å². The van der Waals surface area contributed by atoms with E-state index in [1.54, 1.807) is 0 Å². The molecule has 0 fully saturated rings. The summed E-state index contributed by atoms with van der Waals surface area (Å²) in [6.07, 6.45) is 2.21. The first-order valence-corrected chi connectivity index (χ1v) is 3.51. The van der Waals surface area contributed by atoms with E-state index >= 15 is 0 Å². The van der Waals surface area contributed by atoms with Gasteiger partial charge in [0.25, 0.3) is 0 Å². The first-order valence-electron chi connectivity index (χ1n) is 3.51. The van der Waals surface area contributed by atoms with Gasteiger partial charge >= 0.3 is 0 Å². The van der Waals surface area contributed by atoms with Crippen LogP contribution >= 0.6 is 0 Å². The first kappa shape index (κ1) is 6.66. The molecular weight excluding hydrogens is 112 g/mol. The number of allylic oxidation sites excluding steroid dienone is 1. The first-order chi connectivity index (χ1) is 4.20. The van der Waals surface area contributed by atoms with Crippen LogP contribution in [0.4, 0.5) is 0 Å². The van der Waals surface area contributed by atoms with Gasteiger partial charge in [-0.3, -0.25) is 0 Å². The van der Waals surface area contributed by atoms with Gasteiger partial charge in [-0.25, -0.2) is 0 Å². The number of ether oxygens (including phenoxy) is 1. The lowest BCUT2D eigenvalue weighted by atomic mass is 9.98. The Bertz CT molecular complexity index is 125. The van der Waals surface area contributed by atoms with Crippen LogP contribution in [0.5, 0.6) is 0 Å². The Labute approximate surface area is 56.7 Å². The molecule has 0 aliphatic carbocycles. The second-order valence-electron chi connectivity index (χ2n) is 3.00. The van der Waals surface area contributed by atoms with E-state index in [2.05, 4.69) is 19.9 Å². The van der Waals surface area contributed by atoms with E-state index in [1.807, 2.05) is 6.92 Å². The maximum atomic E-state index is 5.29. The third kappa shape index (κ3) is 1.47. The second-order valence-corrected chi connectivity index (χ2v) is 3.00. The fourth-order valence-electron chi connectivity index (χ4n) is 1.01. The Kier molecular flexibility index (Phi) is 1.79. The zero-order valence-electron chi connectivity index (χ0n) is 6.35. The van der Waals surface area contributed by atoms with Crippen molar-refractivity contribution in [1.29, 1.82) is 0 Å². The van der Waals surface area contributed by atoms with Crippen molar-refractivity contribution >= 4 is 0 Å². The highest BCUT2D eigenvalue weighted by atomic mass is 16.5. The molecule has 0 aromatic carbocycles. The van der Waals surface area contributed by atoms with Crippen molar-refractivity contribution in [2.45, 2.75) is 20.8 Å². The maximum absolute atomic E-state index is 5.29. The van der Waals surface area contributed by atoms with Crippen LogP contribution in [0, 0.1) is 11.8 Å². The molecule has 1 aliphatic heterocycles. The van der Waals surface area contributed by atoms with Crippen molar-refractivity contribution in [3.63, 3.8) is 0 Å². The lowest BCUT2D eigenvalue weighted by Crippen LogP contribution is -2.06. The highest BCUT2D eigenvalue weighted by molar-refractivity contribution is 5.00. The molecule has 9 heavy (non-hydrogen) atoms. The molecule has 0 amide bonds. The van der Waals surface area contributed by atoms with Crippen molar-refractivity contribution < 1.29 is 4.74 Å². The van der Waals surface area contributed by atoms with Crippen LogP contribution in [0.2, 0.25) is 0 Å². The van der Waals surface area contributed by atoms with Crippen molar-refractivity contribution in [1.82, 2.24) is 0 Å². The van der Waals surface area contributed by atoms with Crippen LogP contribution in [0.3, 0.4) is 0 Å². The minimum absolute atomic E-state index is 0.657. The van der Waals surface area contributed by atoms with E-state index in [-0.39, 0.29) is 0 Å². The van der Waals surface area contributed by atoms with Crippen LogP contribution in [0.1, 0.15) is 20.8 Å². The van der Waals surface area contributed by atoms with E-state index in [0.717, 1.165) is 18.3 Å². The lowest BCUT2D eigenvalue weighted by molar-refractivity contribution is 0.202. The molecule has 0 bridgehead atoms. The van der Waals surface area contributed by atoms with Crippen molar-refractivity contribution in [3.8, 4) is 0 Å². The molecule has 1 atom stereocenters. The van der Waals surface area contributed by atoms with E-state index in [9.17, 15) is 0 Å². The standard InChI is InChI=1S/C8H14O/c1-6(2)8-4-7(3)9-5-8/h4,6,8H,5H2,1-3H3. The Hall–Kier alpha value is -0.460. The fraction of sp³-hybridized carbons (Fsp3) is 0.750. The molecule has 0 spiro atoms.